The Bertz CT molecular complexity index is 577. The van der Waals surface area contributed by atoms with Gasteiger partial charge in [-0.2, -0.15) is 0 Å². The molecule has 0 saturated carbocycles. The molecule has 0 saturated heterocycles. The fourth-order valence-electron chi connectivity index (χ4n) is 1.93. The average molecular weight is 296 g/mol. The van der Waals surface area contributed by atoms with Gasteiger partial charge in [0.05, 0.1) is 12.6 Å². The maximum atomic E-state index is 11.8. The molecule has 0 atom stereocenters. The van der Waals surface area contributed by atoms with Crippen LogP contribution in [-0.4, -0.2) is 17.0 Å². The summed E-state index contributed by atoms with van der Waals surface area (Å²) in [7, 11) is 1.64. The summed E-state index contributed by atoms with van der Waals surface area (Å²) < 4.78 is 7.09. The molecule has 1 aromatic heterocycles. The molecule has 3 nitrogen and oxygen atoms in total. The molecule has 2 aromatic rings. The van der Waals surface area contributed by atoms with Crippen LogP contribution < -0.4 is 10.3 Å². The van der Waals surface area contributed by atoms with Gasteiger partial charge in [0, 0.05) is 23.3 Å². The van der Waals surface area contributed by atoms with Crippen molar-refractivity contribution in [1.82, 2.24) is 4.57 Å². The maximum Gasteiger partial charge on any atom is 0.251 e. The third-order valence-electron chi connectivity index (χ3n) is 2.73. The first kappa shape index (κ1) is 12.2. The van der Waals surface area contributed by atoms with E-state index in [9.17, 15) is 4.79 Å². The highest BCUT2D eigenvalue weighted by molar-refractivity contribution is 9.09. The molecule has 0 unspecified atom stereocenters. The zero-order valence-electron chi connectivity index (χ0n) is 9.65. The first-order valence-electron chi connectivity index (χ1n) is 5.50. The number of hydrogen-bond acceptors (Lipinski definition) is 2. The fraction of sp³-hybridized carbons (Fsp3) is 0.308. The number of pyridine rings is 1. The summed E-state index contributed by atoms with van der Waals surface area (Å²) >= 11 is 3.38. The number of halogens is 1. The van der Waals surface area contributed by atoms with Gasteiger partial charge in [-0.1, -0.05) is 22.0 Å². The largest absolute Gasteiger partial charge is 0.496 e. The van der Waals surface area contributed by atoms with Crippen molar-refractivity contribution in [2.45, 2.75) is 13.0 Å². The zero-order valence-corrected chi connectivity index (χ0v) is 11.2. The lowest BCUT2D eigenvalue weighted by molar-refractivity contribution is 0.419. The summed E-state index contributed by atoms with van der Waals surface area (Å²) in [6.45, 7) is 0.717. The van der Waals surface area contributed by atoms with Crippen molar-refractivity contribution < 1.29 is 4.74 Å². The highest BCUT2D eigenvalue weighted by atomic mass is 79.9. The van der Waals surface area contributed by atoms with E-state index in [1.807, 2.05) is 24.3 Å². The van der Waals surface area contributed by atoms with Gasteiger partial charge in [0.15, 0.2) is 0 Å². The molecule has 0 bridgehead atoms. The molecule has 17 heavy (non-hydrogen) atoms. The van der Waals surface area contributed by atoms with E-state index in [1.165, 1.54) is 0 Å². The molecule has 90 valence electrons. The maximum absolute atomic E-state index is 11.8. The number of nitrogens with zero attached hydrogens (tertiary/aromatic N) is 1. The van der Waals surface area contributed by atoms with E-state index >= 15 is 0 Å². The molecule has 0 N–H and O–H groups in total. The Morgan fingerprint density at radius 2 is 2.12 bits per heavy atom. The molecular weight excluding hydrogens is 282 g/mol. The standard InChI is InChI=1S/C13H14BrNO2/c1-17-12-5-2-4-11-10(12)6-7-13(16)15(11)9-3-8-14/h2,4-7H,3,8-9H2,1H3. The average Bonchev–Trinajstić information content (AvgIpc) is 2.36. The first-order chi connectivity index (χ1) is 8.27. The highest BCUT2D eigenvalue weighted by Crippen LogP contribution is 2.23. The number of aromatic nitrogens is 1. The van der Waals surface area contributed by atoms with Gasteiger partial charge in [-0.25, -0.2) is 0 Å². The quantitative estimate of drug-likeness (QED) is 0.812. The third-order valence-corrected chi connectivity index (χ3v) is 3.29. The molecule has 0 radical (unpaired) electrons. The van der Waals surface area contributed by atoms with Gasteiger partial charge in [-0.15, -0.1) is 0 Å². The minimum Gasteiger partial charge on any atom is -0.496 e. The second kappa shape index (κ2) is 5.36. The van der Waals surface area contributed by atoms with E-state index in [4.69, 9.17) is 4.74 Å². The Balaban J connectivity index is 2.64. The van der Waals surface area contributed by atoms with E-state index in [0.29, 0.717) is 6.54 Å². The molecule has 0 aliphatic heterocycles. The Kier molecular flexibility index (Phi) is 3.84. The second-order valence-corrected chi connectivity index (χ2v) is 4.55. The molecule has 0 aliphatic carbocycles. The SMILES string of the molecule is COc1cccc2c1ccc(=O)n2CCCBr. The Labute approximate surface area is 108 Å². The molecule has 0 amide bonds. The van der Waals surface area contributed by atoms with Crippen molar-refractivity contribution in [3.63, 3.8) is 0 Å². The number of rotatable bonds is 4. The van der Waals surface area contributed by atoms with Crippen LogP contribution in [0.3, 0.4) is 0 Å². The van der Waals surface area contributed by atoms with Gasteiger partial charge < -0.3 is 9.30 Å². The number of methoxy groups -OCH3 is 1. The minimum atomic E-state index is 0.0340. The number of fused-ring (bicyclic) bond motifs is 1. The third kappa shape index (κ3) is 2.36. The molecule has 0 fully saturated rings. The number of ether oxygens (including phenoxy) is 1. The smallest absolute Gasteiger partial charge is 0.251 e. The number of benzene rings is 1. The van der Waals surface area contributed by atoms with Crippen LogP contribution in [0.15, 0.2) is 35.1 Å². The van der Waals surface area contributed by atoms with Crippen LogP contribution in [0.5, 0.6) is 5.75 Å². The fourth-order valence-corrected chi connectivity index (χ4v) is 2.18. The van der Waals surface area contributed by atoms with Crippen molar-refractivity contribution in [1.29, 1.82) is 0 Å². The van der Waals surface area contributed by atoms with Gasteiger partial charge in [-0.3, -0.25) is 4.79 Å². The summed E-state index contributed by atoms with van der Waals surface area (Å²) in [4.78, 5) is 11.8. The number of aryl methyl sites for hydroxylation is 1. The Morgan fingerprint density at radius 1 is 1.29 bits per heavy atom. The predicted octanol–water partition coefficient (Wildman–Crippen LogP) is 2.80. The summed E-state index contributed by atoms with van der Waals surface area (Å²) in [5, 5.41) is 1.86. The van der Waals surface area contributed by atoms with E-state index in [-0.39, 0.29) is 5.56 Å². The Hall–Kier alpha value is -1.29. The van der Waals surface area contributed by atoms with E-state index in [2.05, 4.69) is 15.9 Å². The normalized spacial score (nSPS) is 10.7. The van der Waals surface area contributed by atoms with E-state index < -0.39 is 0 Å². The van der Waals surface area contributed by atoms with Crippen molar-refractivity contribution >= 4 is 26.8 Å². The van der Waals surface area contributed by atoms with Crippen molar-refractivity contribution in [3.05, 3.63) is 40.7 Å². The molecule has 1 heterocycles. The van der Waals surface area contributed by atoms with Crippen LogP contribution in [-0.2, 0) is 6.54 Å². The second-order valence-electron chi connectivity index (χ2n) is 3.76. The topological polar surface area (TPSA) is 31.2 Å². The molecule has 2 rings (SSSR count). The van der Waals surface area contributed by atoms with E-state index in [1.54, 1.807) is 17.7 Å². The molecular formula is C13H14BrNO2. The molecule has 0 spiro atoms. The summed E-state index contributed by atoms with van der Waals surface area (Å²) in [6, 6.07) is 9.18. The zero-order chi connectivity index (χ0) is 12.3. The van der Waals surface area contributed by atoms with E-state index in [0.717, 1.165) is 28.4 Å². The molecule has 0 aliphatic rings. The van der Waals surface area contributed by atoms with Crippen molar-refractivity contribution in [3.8, 4) is 5.75 Å². The van der Waals surface area contributed by atoms with Crippen molar-refractivity contribution in [2.75, 3.05) is 12.4 Å². The van der Waals surface area contributed by atoms with Crippen LogP contribution in [0.4, 0.5) is 0 Å². The predicted molar refractivity (Wildman–Crippen MR) is 73.2 cm³/mol. The lowest BCUT2D eigenvalue weighted by atomic mass is 10.2. The lowest BCUT2D eigenvalue weighted by Crippen LogP contribution is -2.19. The van der Waals surface area contributed by atoms with Crippen LogP contribution in [0.25, 0.3) is 10.9 Å². The van der Waals surface area contributed by atoms with Gasteiger partial charge in [0.2, 0.25) is 0 Å². The van der Waals surface area contributed by atoms with Crippen LogP contribution in [0, 0.1) is 0 Å². The van der Waals surface area contributed by atoms with Gasteiger partial charge in [0.1, 0.15) is 5.75 Å². The number of hydrogen-bond donors (Lipinski definition) is 0. The summed E-state index contributed by atoms with van der Waals surface area (Å²) in [5.74, 6) is 0.801. The monoisotopic (exact) mass is 295 g/mol. The Morgan fingerprint density at radius 3 is 2.82 bits per heavy atom. The summed E-state index contributed by atoms with van der Waals surface area (Å²) in [6.07, 6.45) is 0.927. The van der Waals surface area contributed by atoms with Gasteiger partial charge in [0.25, 0.3) is 5.56 Å². The van der Waals surface area contributed by atoms with Crippen LogP contribution >= 0.6 is 15.9 Å². The lowest BCUT2D eigenvalue weighted by Gasteiger charge is -2.11. The summed E-state index contributed by atoms with van der Waals surface area (Å²) in [5.41, 5.74) is 0.963. The van der Waals surface area contributed by atoms with Gasteiger partial charge >= 0.3 is 0 Å². The minimum absolute atomic E-state index is 0.0340. The van der Waals surface area contributed by atoms with Crippen LogP contribution in [0.1, 0.15) is 6.42 Å². The first-order valence-corrected chi connectivity index (χ1v) is 6.62. The molecule has 1 aromatic carbocycles. The van der Waals surface area contributed by atoms with Crippen LogP contribution in [0.2, 0.25) is 0 Å². The number of alkyl halides is 1. The highest BCUT2D eigenvalue weighted by Gasteiger charge is 2.06. The van der Waals surface area contributed by atoms with Crippen molar-refractivity contribution in [2.24, 2.45) is 0 Å². The van der Waals surface area contributed by atoms with Gasteiger partial charge in [-0.05, 0) is 24.6 Å². The molecule has 4 heteroatoms.